The average Bonchev–Trinajstić information content (AvgIpc) is 3.08. The second-order valence-corrected chi connectivity index (χ2v) is 4.47. The summed E-state index contributed by atoms with van der Waals surface area (Å²) in [7, 11) is 0. The maximum Gasteiger partial charge on any atom is 0.123 e. The van der Waals surface area contributed by atoms with Crippen LogP contribution in [0, 0.1) is 11.7 Å². The van der Waals surface area contributed by atoms with Crippen LogP contribution < -0.4 is 5.32 Å². The van der Waals surface area contributed by atoms with Gasteiger partial charge in [0.1, 0.15) is 5.82 Å². The second-order valence-electron chi connectivity index (χ2n) is 4.47. The predicted molar refractivity (Wildman–Crippen MR) is 61.5 cm³/mol. The van der Waals surface area contributed by atoms with Gasteiger partial charge in [0, 0.05) is 19.2 Å². The zero-order chi connectivity index (χ0) is 11.4. The van der Waals surface area contributed by atoms with Gasteiger partial charge in [-0.3, -0.25) is 0 Å². The van der Waals surface area contributed by atoms with E-state index in [0.717, 1.165) is 12.0 Å². The van der Waals surface area contributed by atoms with Crippen molar-refractivity contribution in [2.24, 2.45) is 5.92 Å². The summed E-state index contributed by atoms with van der Waals surface area (Å²) in [5.74, 6) is 0.519. The third-order valence-corrected chi connectivity index (χ3v) is 3.09. The van der Waals surface area contributed by atoms with Crippen LogP contribution in [-0.2, 0) is 6.54 Å². The molecule has 2 rings (SSSR count). The Kier molecular flexibility index (Phi) is 3.91. The number of nitrogens with one attached hydrogen (secondary N) is 1. The third-order valence-electron chi connectivity index (χ3n) is 3.09. The van der Waals surface area contributed by atoms with Gasteiger partial charge in [0.05, 0.1) is 0 Å². The minimum absolute atomic E-state index is 0.190. The maximum absolute atomic E-state index is 12.9. The van der Waals surface area contributed by atoms with Gasteiger partial charge in [0.2, 0.25) is 0 Å². The first-order chi connectivity index (χ1) is 7.79. The Morgan fingerprint density at radius 1 is 1.44 bits per heavy atom. The summed E-state index contributed by atoms with van der Waals surface area (Å²) in [6.07, 6.45) is 3.29. The number of aliphatic hydroxyl groups is 1. The van der Waals surface area contributed by atoms with Crippen molar-refractivity contribution in [3.8, 4) is 0 Å². The van der Waals surface area contributed by atoms with E-state index in [-0.39, 0.29) is 12.4 Å². The van der Waals surface area contributed by atoms with Crippen LogP contribution >= 0.6 is 0 Å². The van der Waals surface area contributed by atoms with Crippen molar-refractivity contribution in [1.82, 2.24) is 5.32 Å². The van der Waals surface area contributed by atoms with Gasteiger partial charge in [-0.25, -0.2) is 4.39 Å². The van der Waals surface area contributed by atoms with Crippen LogP contribution in [0.3, 0.4) is 0 Å². The van der Waals surface area contributed by atoms with Gasteiger partial charge in [-0.2, -0.15) is 0 Å². The first-order valence-electron chi connectivity index (χ1n) is 5.88. The zero-order valence-corrected chi connectivity index (χ0v) is 9.32. The molecule has 1 atom stereocenters. The van der Waals surface area contributed by atoms with E-state index in [4.69, 9.17) is 5.11 Å². The number of rotatable bonds is 6. The average molecular weight is 223 g/mol. The van der Waals surface area contributed by atoms with E-state index in [9.17, 15) is 4.39 Å². The fourth-order valence-corrected chi connectivity index (χ4v) is 2.04. The van der Waals surface area contributed by atoms with E-state index in [1.165, 1.54) is 18.9 Å². The lowest BCUT2D eigenvalue weighted by molar-refractivity contribution is 0.255. The van der Waals surface area contributed by atoms with Crippen molar-refractivity contribution in [2.45, 2.75) is 31.8 Å². The molecule has 0 aliphatic heterocycles. The van der Waals surface area contributed by atoms with Gasteiger partial charge in [-0.1, -0.05) is 12.1 Å². The van der Waals surface area contributed by atoms with Gasteiger partial charge >= 0.3 is 0 Å². The Labute approximate surface area is 95.5 Å². The van der Waals surface area contributed by atoms with Gasteiger partial charge in [0.15, 0.2) is 0 Å². The van der Waals surface area contributed by atoms with Crippen molar-refractivity contribution in [2.75, 3.05) is 6.61 Å². The summed E-state index contributed by atoms with van der Waals surface area (Å²) in [5, 5.41) is 12.4. The normalized spacial score (nSPS) is 17.4. The second kappa shape index (κ2) is 5.41. The predicted octanol–water partition coefficient (Wildman–Crippen LogP) is 2.08. The molecule has 3 heteroatoms. The SMILES string of the molecule is OCCC(NCc1cccc(F)c1)C1CC1. The molecule has 0 bridgehead atoms. The zero-order valence-electron chi connectivity index (χ0n) is 9.32. The van der Waals surface area contributed by atoms with E-state index in [2.05, 4.69) is 5.32 Å². The molecule has 1 saturated carbocycles. The molecular formula is C13H18FNO. The summed E-state index contributed by atoms with van der Waals surface area (Å²) in [6, 6.07) is 7.03. The van der Waals surface area contributed by atoms with Crippen LogP contribution in [-0.4, -0.2) is 17.8 Å². The van der Waals surface area contributed by atoms with Crippen molar-refractivity contribution in [3.05, 3.63) is 35.6 Å². The van der Waals surface area contributed by atoms with E-state index < -0.39 is 0 Å². The number of hydrogen-bond acceptors (Lipinski definition) is 2. The molecule has 2 N–H and O–H groups in total. The van der Waals surface area contributed by atoms with E-state index >= 15 is 0 Å². The van der Waals surface area contributed by atoms with Gasteiger partial charge in [-0.05, 0) is 42.9 Å². The van der Waals surface area contributed by atoms with E-state index in [0.29, 0.717) is 18.5 Å². The summed E-state index contributed by atoms with van der Waals surface area (Å²) >= 11 is 0. The summed E-state index contributed by atoms with van der Waals surface area (Å²) < 4.78 is 12.9. The van der Waals surface area contributed by atoms with Crippen LogP contribution in [0.2, 0.25) is 0 Å². The number of hydrogen-bond donors (Lipinski definition) is 2. The first-order valence-corrected chi connectivity index (χ1v) is 5.88. The Morgan fingerprint density at radius 3 is 2.88 bits per heavy atom. The van der Waals surface area contributed by atoms with Crippen LogP contribution in [0.5, 0.6) is 0 Å². The Balaban J connectivity index is 1.85. The fourth-order valence-electron chi connectivity index (χ4n) is 2.04. The molecule has 0 amide bonds. The van der Waals surface area contributed by atoms with Crippen LogP contribution in [0.15, 0.2) is 24.3 Å². The lowest BCUT2D eigenvalue weighted by Gasteiger charge is -2.17. The fraction of sp³-hybridized carbons (Fsp3) is 0.538. The van der Waals surface area contributed by atoms with Crippen molar-refractivity contribution >= 4 is 0 Å². The van der Waals surface area contributed by atoms with Crippen LogP contribution in [0.25, 0.3) is 0 Å². The smallest absolute Gasteiger partial charge is 0.123 e. The Hall–Kier alpha value is -0.930. The molecule has 0 spiro atoms. The summed E-state index contributed by atoms with van der Waals surface area (Å²) in [5.41, 5.74) is 0.962. The van der Waals surface area contributed by atoms with Crippen molar-refractivity contribution < 1.29 is 9.50 Å². The monoisotopic (exact) mass is 223 g/mol. The summed E-state index contributed by atoms with van der Waals surface area (Å²) in [4.78, 5) is 0. The lowest BCUT2D eigenvalue weighted by Crippen LogP contribution is -2.31. The molecule has 1 fully saturated rings. The van der Waals surface area contributed by atoms with Gasteiger partial charge in [0.25, 0.3) is 0 Å². The largest absolute Gasteiger partial charge is 0.396 e. The molecule has 0 saturated heterocycles. The molecule has 1 aromatic carbocycles. The third kappa shape index (κ3) is 3.29. The van der Waals surface area contributed by atoms with Crippen LogP contribution in [0.4, 0.5) is 4.39 Å². The van der Waals surface area contributed by atoms with Gasteiger partial charge < -0.3 is 10.4 Å². The maximum atomic E-state index is 12.9. The molecule has 1 aliphatic rings. The molecule has 0 aromatic heterocycles. The highest BCUT2D eigenvalue weighted by Crippen LogP contribution is 2.34. The molecule has 16 heavy (non-hydrogen) atoms. The molecule has 88 valence electrons. The topological polar surface area (TPSA) is 32.3 Å². The molecule has 0 heterocycles. The summed E-state index contributed by atoms with van der Waals surface area (Å²) in [6.45, 7) is 0.899. The van der Waals surface area contributed by atoms with Crippen molar-refractivity contribution in [3.63, 3.8) is 0 Å². The Bertz CT molecular complexity index is 338. The molecule has 1 aromatic rings. The molecule has 2 nitrogen and oxygen atoms in total. The standard InChI is InChI=1S/C13H18FNO/c14-12-3-1-2-10(8-12)9-15-13(6-7-16)11-4-5-11/h1-3,8,11,13,15-16H,4-7,9H2. The highest BCUT2D eigenvalue weighted by atomic mass is 19.1. The highest BCUT2D eigenvalue weighted by Gasteiger charge is 2.30. The van der Waals surface area contributed by atoms with Crippen LogP contribution in [0.1, 0.15) is 24.8 Å². The number of halogens is 1. The van der Waals surface area contributed by atoms with E-state index in [1.807, 2.05) is 6.07 Å². The minimum Gasteiger partial charge on any atom is -0.396 e. The van der Waals surface area contributed by atoms with E-state index in [1.54, 1.807) is 12.1 Å². The molecule has 1 aliphatic carbocycles. The van der Waals surface area contributed by atoms with Gasteiger partial charge in [-0.15, -0.1) is 0 Å². The molecule has 0 radical (unpaired) electrons. The highest BCUT2D eigenvalue weighted by molar-refractivity contribution is 5.16. The Morgan fingerprint density at radius 2 is 2.25 bits per heavy atom. The lowest BCUT2D eigenvalue weighted by atomic mass is 10.1. The quantitative estimate of drug-likeness (QED) is 0.774. The molecular weight excluding hydrogens is 205 g/mol. The minimum atomic E-state index is -0.190. The first kappa shape index (κ1) is 11.6. The van der Waals surface area contributed by atoms with Crippen molar-refractivity contribution in [1.29, 1.82) is 0 Å². The number of aliphatic hydroxyl groups excluding tert-OH is 1. The number of benzene rings is 1. The molecule has 1 unspecified atom stereocenters.